The summed E-state index contributed by atoms with van der Waals surface area (Å²) < 4.78 is 1.71. The lowest BCUT2D eigenvalue weighted by Crippen LogP contribution is -2.13. The van der Waals surface area contributed by atoms with Gasteiger partial charge in [-0.15, -0.1) is 0 Å². The van der Waals surface area contributed by atoms with Crippen LogP contribution in [0.1, 0.15) is 10.4 Å². The zero-order valence-electron chi connectivity index (χ0n) is 10.4. The number of amides is 1. The highest BCUT2D eigenvalue weighted by atomic mass is 79.9. The first kappa shape index (κ1) is 15.3. The average Bonchev–Trinajstić information content (AvgIpc) is 2.41. The molecular weight excluding hydrogens is 409 g/mol. The predicted molar refractivity (Wildman–Crippen MR) is 88.6 cm³/mol. The molecule has 2 aromatic rings. The van der Waals surface area contributed by atoms with E-state index in [2.05, 4.69) is 47.5 Å². The summed E-state index contributed by atoms with van der Waals surface area (Å²) in [6.45, 7) is 0. The Bertz CT molecular complexity index is 664. The third kappa shape index (κ3) is 3.50. The summed E-state index contributed by atoms with van der Waals surface area (Å²) in [6, 6.07) is 7.06. The summed E-state index contributed by atoms with van der Waals surface area (Å²) in [5, 5.41) is 6.03. The smallest absolute Gasteiger partial charge is 0.257 e. The second-order valence-electron chi connectivity index (χ2n) is 3.88. The average molecular weight is 420 g/mol. The second kappa shape index (κ2) is 6.56. The van der Waals surface area contributed by atoms with Gasteiger partial charge >= 0.3 is 0 Å². The zero-order chi connectivity index (χ0) is 14.7. The van der Waals surface area contributed by atoms with Crippen molar-refractivity contribution in [2.24, 2.45) is 0 Å². The Kier molecular flexibility index (Phi) is 5.01. The molecule has 4 nitrogen and oxygen atoms in total. The van der Waals surface area contributed by atoms with Crippen molar-refractivity contribution in [1.82, 2.24) is 4.98 Å². The number of nitrogens with zero attached hydrogens (tertiary/aromatic N) is 1. The summed E-state index contributed by atoms with van der Waals surface area (Å²) in [4.78, 5) is 16.2. The van der Waals surface area contributed by atoms with Crippen LogP contribution >= 0.6 is 43.5 Å². The summed E-state index contributed by atoms with van der Waals surface area (Å²) in [5.74, 6) is 0.262. The van der Waals surface area contributed by atoms with Gasteiger partial charge in [-0.05, 0) is 40.2 Å². The van der Waals surface area contributed by atoms with Crippen LogP contribution in [0.25, 0.3) is 0 Å². The van der Waals surface area contributed by atoms with Gasteiger partial charge < -0.3 is 10.6 Å². The van der Waals surface area contributed by atoms with Crippen LogP contribution in [-0.2, 0) is 0 Å². The molecule has 0 aliphatic carbocycles. The molecule has 0 spiro atoms. The Labute approximate surface area is 138 Å². The summed E-state index contributed by atoms with van der Waals surface area (Å²) in [6.07, 6.45) is 1.47. The Morgan fingerprint density at radius 2 is 2.05 bits per heavy atom. The fraction of sp³-hybridized carbons (Fsp3) is 0.0769. The molecule has 1 aromatic heterocycles. The van der Waals surface area contributed by atoms with Crippen LogP contribution in [0, 0.1) is 0 Å². The SMILES string of the molecule is CNc1ncc(C(=O)Nc2ccc(Br)cc2Br)cc1Cl. The lowest BCUT2D eigenvalue weighted by Gasteiger charge is -2.09. The Morgan fingerprint density at radius 1 is 1.30 bits per heavy atom. The third-order valence-corrected chi connectivity index (χ3v) is 3.96. The topological polar surface area (TPSA) is 54.0 Å². The molecule has 0 unspecified atom stereocenters. The van der Waals surface area contributed by atoms with Gasteiger partial charge in [-0.2, -0.15) is 0 Å². The molecule has 0 aliphatic heterocycles. The Balaban J connectivity index is 2.21. The van der Waals surface area contributed by atoms with Crippen molar-refractivity contribution >= 4 is 60.9 Å². The van der Waals surface area contributed by atoms with Gasteiger partial charge in [0.15, 0.2) is 0 Å². The van der Waals surface area contributed by atoms with E-state index in [1.165, 1.54) is 6.20 Å². The van der Waals surface area contributed by atoms with Crippen LogP contribution in [-0.4, -0.2) is 17.9 Å². The number of rotatable bonds is 3. The van der Waals surface area contributed by atoms with E-state index in [4.69, 9.17) is 11.6 Å². The molecule has 0 radical (unpaired) electrons. The van der Waals surface area contributed by atoms with E-state index in [0.717, 1.165) is 8.95 Å². The first-order valence-corrected chi connectivity index (χ1v) is 7.57. The second-order valence-corrected chi connectivity index (χ2v) is 6.06. The van der Waals surface area contributed by atoms with E-state index >= 15 is 0 Å². The molecule has 104 valence electrons. The number of hydrogen-bond acceptors (Lipinski definition) is 3. The summed E-state index contributed by atoms with van der Waals surface area (Å²) in [5.41, 5.74) is 1.07. The molecule has 2 rings (SSSR count). The van der Waals surface area contributed by atoms with Gasteiger partial charge in [-0.3, -0.25) is 4.79 Å². The van der Waals surface area contributed by atoms with Crippen molar-refractivity contribution < 1.29 is 4.79 Å². The number of anilines is 2. The van der Waals surface area contributed by atoms with Crippen LogP contribution in [0.3, 0.4) is 0 Å². The minimum atomic E-state index is -0.273. The van der Waals surface area contributed by atoms with E-state index in [9.17, 15) is 4.79 Å². The maximum absolute atomic E-state index is 12.1. The van der Waals surface area contributed by atoms with Gasteiger partial charge in [-0.25, -0.2) is 4.98 Å². The quantitative estimate of drug-likeness (QED) is 0.767. The van der Waals surface area contributed by atoms with Crippen LogP contribution in [0.4, 0.5) is 11.5 Å². The number of aromatic nitrogens is 1. The fourth-order valence-corrected chi connectivity index (χ4v) is 2.94. The number of halogens is 3. The fourth-order valence-electron chi connectivity index (χ4n) is 1.53. The van der Waals surface area contributed by atoms with Gasteiger partial charge in [0.05, 0.1) is 16.3 Å². The standard InChI is InChI=1S/C13H10Br2ClN3O/c1-17-12-10(16)4-7(6-18-12)13(20)19-11-3-2-8(14)5-9(11)15/h2-6H,1H3,(H,17,18)(H,19,20). The van der Waals surface area contributed by atoms with E-state index in [1.807, 2.05) is 12.1 Å². The van der Waals surface area contributed by atoms with Crippen LogP contribution in [0.2, 0.25) is 5.02 Å². The molecule has 0 fully saturated rings. The van der Waals surface area contributed by atoms with Crippen molar-refractivity contribution in [1.29, 1.82) is 0 Å². The minimum absolute atomic E-state index is 0.273. The molecular formula is C13H10Br2ClN3O. The predicted octanol–water partition coefficient (Wildman–Crippen LogP) is 4.55. The van der Waals surface area contributed by atoms with Gasteiger partial charge in [-0.1, -0.05) is 27.5 Å². The summed E-state index contributed by atoms with van der Waals surface area (Å²) >= 11 is 12.8. The molecule has 2 N–H and O–H groups in total. The third-order valence-electron chi connectivity index (χ3n) is 2.52. The van der Waals surface area contributed by atoms with Crippen LogP contribution < -0.4 is 10.6 Å². The highest BCUT2D eigenvalue weighted by Crippen LogP contribution is 2.27. The van der Waals surface area contributed by atoms with Crippen LogP contribution in [0.15, 0.2) is 39.4 Å². The Hall–Kier alpha value is -1.11. The number of carbonyl (C=O) groups is 1. The van der Waals surface area contributed by atoms with E-state index in [0.29, 0.717) is 22.1 Å². The number of benzene rings is 1. The molecule has 0 atom stereocenters. The first-order valence-electron chi connectivity index (χ1n) is 5.61. The van der Waals surface area contributed by atoms with Gasteiger partial charge in [0.2, 0.25) is 0 Å². The molecule has 1 amide bonds. The number of pyridine rings is 1. The largest absolute Gasteiger partial charge is 0.372 e. The van der Waals surface area contributed by atoms with Crippen molar-refractivity contribution in [3.8, 4) is 0 Å². The number of carbonyl (C=O) groups excluding carboxylic acids is 1. The molecule has 20 heavy (non-hydrogen) atoms. The molecule has 0 bridgehead atoms. The van der Waals surface area contributed by atoms with E-state index < -0.39 is 0 Å². The van der Waals surface area contributed by atoms with Gasteiger partial charge in [0.1, 0.15) is 5.82 Å². The van der Waals surface area contributed by atoms with E-state index in [-0.39, 0.29) is 5.91 Å². The lowest BCUT2D eigenvalue weighted by atomic mass is 10.2. The minimum Gasteiger partial charge on any atom is -0.372 e. The highest BCUT2D eigenvalue weighted by molar-refractivity contribution is 9.11. The molecule has 1 aromatic carbocycles. The Morgan fingerprint density at radius 3 is 2.65 bits per heavy atom. The maximum Gasteiger partial charge on any atom is 0.257 e. The van der Waals surface area contributed by atoms with Crippen molar-refractivity contribution in [3.63, 3.8) is 0 Å². The maximum atomic E-state index is 12.1. The number of hydrogen-bond donors (Lipinski definition) is 2. The van der Waals surface area contributed by atoms with E-state index in [1.54, 1.807) is 19.2 Å². The normalized spacial score (nSPS) is 10.2. The van der Waals surface area contributed by atoms with Crippen molar-refractivity contribution in [2.75, 3.05) is 17.7 Å². The molecule has 1 heterocycles. The zero-order valence-corrected chi connectivity index (χ0v) is 14.3. The molecule has 0 saturated heterocycles. The van der Waals surface area contributed by atoms with Crippen molar-refractivity contribution in [3.05, 3.63) is 50.0 Å². The molecule has 0 aliphatic rings. The van der Waals surface area contributed by atoms with Crippen LogP contribution in [0.5, 0.6) is 0 Å². The van der Waals surface area contributed by atoms with Gasteiger partial charge in [0.25, 0.3) is 5.91 Å². The highest BCUT2D eigenvalue weighted by Gasteiger charge is 2.11. The molecule has 0 saturated carbocycles. The first-order chi connectivity index (χ1) is 9.51. The number of nitrogens with one attached hydrogen (secondary N) is 2. The molecule has 7 heteroatoms. The monoisotopic (exact) mass is 417 g/mol. The summed E-state index contributed by atoms with van der Waals surface area (Å²) in [7, 11) is 1.72. The van der Waals surface area contributed by atoms with Crippen molar-refractivity contribution in [2.45, 2.75) is 0 Å². The van der Waals surface area contributed by atoms with Gasteiger partial charge in [0, 0.05) is 22.2 Å². The lowest BCUT2D eigenvalue weighted by molar-refractivity contribution is 0.102.